The van der Waals surface area contributed by atoms with E-state index in [0.29, 0.717) is 0 Å². The monoisotopic (exact) mass is 254 g/mol. The van der Waals surface area contributed by atoms with Crippen LogP contribution < -0.4 is 0 Å². The number of benzene rings is 1. The normalized spacial score (nSPS) is 14.9. The smallest absolute Gasteiger partial charge is 0.338 e. The maximum Gasteiger partial charge on any atom is 0.338 e. The summed E-state index contributed by atoms with van der Waals surface area (Å²) in [7, 11) is 0. The number of hydrogen-bond acceptors (Lipinski definition) is 3. The Balaban J connectivity index is 2.56. The van der Waals surface area contributed by atoms with Crippen LogP contribution in [0.4, 0.5) is 4.39 Å². The summed E-state index contributed by atoms with van der Waals surface area (Å²) in [5.74, 6) is -0.925. The lowest BCUT2D eigenvalue weighted by Gasteiger charge is -2.23. The second-order valence-corrected chi connectivity index (χ2v) is 5.18. The first-order chi connectivity index (χ1) is 8.29. The Morgan fingerprint density at radius 3 is 2.39 bits per heavy atom. The molecule has 0 heterocycles. The van der Waals surface area contributed by atoms with Gasteiger partial charge in [-0.05, 0) is 26.3 Å². The summed E-state index contributed by atoms with van der Waals surface area (Å²) in [5.41, 5.74) is -0.00235. The standard InChI is InChI=1S/C14H19FO3/c1-14(2,3)18-13(17)12(16)11(15)9-10-7-5-4-6-8-10/h4-8,11-12,16H,9H2,1-3H3/t11-,12+/m1/s1. The van der Waals surface area contributed by atoms with Gasteiger partial charge in [-0.2, -0.15) is 0 Å². The van der Waals surface area contributed by atoms with E-state index >= 15 is 0 Å². The number of rotatable bonds is 4. The molecule has 0 aliphatic carbocycles. The summed E-state index contributed by atoms with van der Waals surface area (Å²) in [6.45, 7) is 5.01. The maximum atomic E-state index is 13.8. The van der Waals surface area contributed by atoms with Crippen LogP contribution in [0.3, 0.4) is 0 Å². The molecule has 1 aromatic rings. The molecule has 0 radical (unpaired) electrons. The van der Waals surface area contributed by atoms with E-state index in [-0.39, 0.29) is 6.42 Å². The third kappa shape index (κ3) is 4.84. The Morgan fingerprint density at radius 2 is 1.89 bits per heavy atom. The molecule has 0 aliphatic rings. The summed E-state index contributed by atoms with van der Waals surface area (Å²) < 4.78 is 18.7. The molecule has 1 aromatic carbocycles. The van der Waals surface area contributed by atoms with Gasteiger partial charge in [-0.15, -0.1) is 0 Å². The van der Waals surface area contributed by atoms with E-state index in [4.69, 9.17) is 4.74 Å². The number of esters is 1. The Kier molecular flexibility index (Phi) is 4.84. The Bertz CT molecular complexity index is 384. The lowest BCUT2D eigenvalue weighted by Crippen LogP contribution is -2.38. The number of hydrogen-bond donors (Lipinski definition) is 1. The van der Waals surface area contributed by atoms with Crippen LogP contribution in [0.15, 0.2) is 30.3 Å². The summed E-state index contributed by atoms with van der Waals surface area (Å²) in [4.78, 5) is 11.5. The molecule has 0 saturated heterocycles. The molecule has 4 heteroatoms. The zero-order valence-corrected chi connectivity index (χ0v) is 10.9. The second-order valence-electron chi connectivity index (χ2n) is 5.18. The zero-order chi connectivity index (χ0) is 13.8. The van der Waals surface area contributed by atoms with Gasteiger partial charge in [0.15, 0.2) is 6.10 Å². The summed E-state index contributed by atoms with van der Waals surface area (Å²) in [6, 6.07) is 8.87. The first-order valence-corrected chi connectivity index (χ1v) is 5.88. The van der Waals surface area contributed by atoms with Crippen molar-refractivity contribution in [2.45, 2.75) is 45.1 Å². The summed E-state index contributed by atoms with van der Waals surface area (Å²) in [5, 5.41) is 9.56. The fourth-order valence-electron chi connectivity index (χ4n) is 1.46. The van der Waals surface area contributed by atoms with Gasteiger partial charge in [-0.3, -0.25) is 0 Å². The fraction of sp³-hybridized carbons (Fsp3) is 0.500. The number of carbonyl (C=O) groups excluding carboxylic acids is 1. The van der Waals surface area contributed by atoms with Crippen LogP contribution >= 0.6 is 0 Å². The van der Waals surface area contributed by atoms with E-state index in [9.17, 15) is 14.3 Å². The van der Waals surface area contributed by atoms with Crippen molar-refractivity contribution in [2.24, 2.45) is 0 Å². The average molecular weight is 254 g/mol. The highest BCUT2D eigenvalue weighted by Crippen LogP contribution is 2.14. The Hall–Kier alpha value is -1.42. The minimum Gasteiger partial charge on any atom is -0.458 e. The van der Waals surface area contributed by atoms with Crippen LogP contribution in [0.25, 0.3) is 0 Å². The van der Waals surface area contributed by atoms with E-state index < -0.39 is 23.8 Å². The van der Waals surface area contributed by atoms with Gasteiger partial charge in [0.25, 0.3) is 0 Å². The third-order valence-corrected chi connectivity index (χ3v) is 2.26. The number of halogens is 1. The molecular weight excluding hydrogens is 235 g/mol. The molecule has 2 atom stereocenters. The molecule has 0 saturated carbocycles. The Labute approximate surface area is 107 Å². The SMILES string of the molecule is CC(C)(C)OC(=O)[C@@H](O)[C@H](F)Cc1ccccc1. The van der Waals surface area contributed by atoms with Crippen molar-refractivity contribution in [3.8, 4) is 0 Å². The zero-order valence-electron chi connectivity index (χ0n) is 10.9. The van der Waals surface area contributed by atoms with Crippen LogP contribution in [0, 0.1) is 0 Å². The molecule has 1 rings (SSSR count). The molecule has 0 amide bonds. The highest BCUT2D eigenvalue weighted by molar-refractivity contribution is 5.75. The van der Waals surface area contributed by atoms with Gasteiger partial charge in [0.05, 0.1) is 0 Å². The molecule has 0 aliphatic heterocycles. The number of aliphatic hydroxyl groups excluding tert-OH is 1. The number of aliphatic hydroxyl groups is 1. The largest absolute Gasteiger partial charge is 0.458 e. The molecule has 100 valence electrons. The molecule has 0 aromatic heterocycles. The van der Waals surface area contributed by atoms with Gasteiger partial charge in [-0.1, -0.05) is 30.3 Å². The van der Waals surface area contributed by atoms with Crippen molar-refractivity contribution in [2.75, 3.05) is 0 Å². The molecule has 3 nitrogen and oxygen atoms in total. The van der Waals surface area contributed by atoms with E-state index in [2.05, 4.69) is 0 Å². The molecule has 1 N–H and O–H groups in total. The fourth-order valence-corrected chi connectivity index (χ4v) is 1.46. The topological polar surface area (TPSA) is 46.5 Å². The van der Waals surface area contributed by atoms with Crippen LogP contribution in [-0.2, 0) is 16.0 Å². The molecule has 0 fully saturated rings. The van der Waals surface area contributed by atoms with Crippen molar-refractivity contribution in [1.29, 1.82) is 0 Å². The lowest BCUT2D eigenvalue weighted by molar-refractivity contribution is -0.168. The maximum absolute atomic E-state index is 13.8. The van der Waals surface area contributed by atoms with E-state index in [0.717, 1.165) is 5.56 Å². The molecule has 0 unspecified atom stereocenters. The molecular formula is C14H19FO3. The quantitative estimate of drug-likeness (QED) is 0.838. The third-order valence-electron chi connectivity index (χ3n) is 2.26. The van der Waals surface area contributed by atoms with E-state index in [1.807, 2.05) is 6.07 Å². The van der Waals surface area contributed by atoms with Crippen LogP contribution in [0.1, 0.15) is 26.3 Å². The first-order valence-electron chi connectivity index (χ1n) is 5.88. The number of carbonyl (C=O) groups is 1. The van der Waals surface area contributed by atoms with Gasteiger partial charge >= 0.3 is 5.97 Å². The van der Waals surface area contributed by atoms with Crippen molar-refractivity contribution >= 4 is 5.97 Å². The van der Waals surface area contributed by atoms with E-state index in [1.54, 1.807) is 45.0 Å². The van der Waals surface area contributed by atoms with Crippen LogP contribution in [0.2, 0.25) is 0 Å². The summed E-state index contributed by atoms with van der Waals surface area (Å²) >= 11 is 0. The van der Waals surface area contributed by atoms with Crippen LogP contribution in [0.5, 0.6) is 0 Å². The van der Waals surface area contributed by atoms with Gasteiger partial charge < -0.3 is 9.84 Å². The van der Waals surface area contributed by atoms with E-state index in [1.165, 1.54) is 0 Å². The number of ether oxygens (including phenoxy) is 1. The van der Waals surface area contributed by atoms with Crippen molar-refractivity contribution < 1.29 is 19.0 Å². The molecule has 0 bridgehead atoms. The minimum absolute atomic E-state index is 0.0126. The van der Waals surface area contributed by atoms with Crippen molar-refractivity contribution in [3.63, 3.8) is 0 Å². The highest BCUT2D eigenvalue weighted by atomic mass is 19.1. The van der Waals surface area contributed by atoms with Crippen molar-refractivity contribution in [1.82, 2.24) is 0 Å². The average Bonchev–Trinajstić information content (AvgIpc) is 2.27. The lowest BCUT2D eigenvalue weighted by atomic mass is 10.0. The Morgan fingerprint density at radius 1 is 1.33 bits per heavy atom. The van der Waals surface area contributed by atoms with Gasteiger partial charge in [0, 0.05) is 6.42 Å². The van der Waals surface area contributed by atoms with Crippen LogP contribution in [-0.4, -0.2) is 29.0 Å². The minimum atomic E-state index is -1.75. The van der Waals surface area contributed by atoms with Gasteiger partial charge in [0.1, 0.15) is 11.8 Å². The number of alkyl halides is 1. The van der Waals surface area contributed by atoms with Crippen molar-refractivity contribution in [3.05, 3.63) is 35.9 Å². The predicted molar refractivity (Wildman–Crippen MR) is 66.9 cm³/mol. The van der Waals surface area contributed by atoms with Gasteiger partial charge in [-0.25, -0.2) is 9.18 Å². The molecule has 0 spiro atoms. The molecule has 18 heavy (non-hydrogen) atoms. The predicted octanol–water partition coefficient (Wildman–Crippen LogP) is 2.27. The first kappa shape index (κ1) is 14.6. The second kappa shape index (κ2) is 5.96. The highest BCUT2D eigenvalue weighted by Gasteiger charge is 2.30. The summed E-state index contributed by atoms with van der Waals surface area (Å²) in [6.07, 6.45) is -3.42. The van der Waals surface area contributed by atoms with Gasteiger partial charge in [0.2, 0.25) is 0 Å².